The van der Waals surface area contributed by atoms with Gasteiger partial charge in [-0.3, -0.25) is 0 Å². The van der Waals surface area contributed by atoms with Crippen LogP contribution in [-0.4, -0.2) is 6.61 Å². The Kier molecular flexibility index (Phi) is 7.41. The molecule has 2 aromatic carbocycles. The number of benzene rings is 2. The molecule has 0 fully saturated rings. The van der Waals surface area contributed by atoms with Crippen molar-refractivity contribution in [2.24, 2.45) is 0 Å². The highest BCUT2D eigenvalue weighted by Gasteiger charge is 1.99. The maximum atomic E-state index is 13.1. The lowest BCUT2D eigenvalue weighted by Crippen LogP contribution is -1.95. The van der Waals surface area contributed by atoms with E-state index in [0.29, 0.717) is 0 Å². The Morgan fingerprint density at radius 1 is 0.950 bits per heavy atom. The van der Waals surface area contributed by atoms with Crippen LogP contribution in [0, 0.1) is 5.82 Å². The van der Waals surface area contributed by atoms with Crippen molar-refractivity contribution in [3.05, 3.63) is 65.5 Å². The first-order valence-corrected chi connectivity index (χ1v) is 7.24. The molecule has 0 atom stereocenters. The van der Waals surface area contributed by atoms with Gasteiger partial charge in [0.15, 0.2) is 0 Å². The molecule has 0 saturated heterocycles. The molecule has 0 aliphatic carbocycles. The van der Waals surface area contributed by atoms with Gasteiger partial charge in [-0.25, -0.2) is 4.39 Å². The van der Waals surface area contributed by atoms with Gasteiger partial charge < -0.3 is 4.74 Å². The standard InChI is InChI=1S/C16H17FO.C2H6/c1-2-10-18-16-8-6-13(7-9-16)11-14-4-3-5-15(17)12-14;1-2/h3-9,12H,2,10-11H2,1H3;1-2H3. The van der Waals surface area contributed by atoms with E-state index in [1.54, 1.807) is 12.1 Å². The third kappa shape index (κ3) is 5.43. The SMILES string of the molecule is CC.CCCOc1ccc(Cc2cccc(F)c2)cc1. The smallest absolute Gasteiger partial charge is 0.123 e. The molecule has 0 unspecified atom stereocenters. The van der Waals surface area contributed by atoms with E-state index in [4.69, 9.17) is 4.74 Å². The van der Waals surface area contributed by atoms with Crippen molar-refractivity contribution >= 4 is 0 Å². The maximum Gasteiger partial charge on any atom is 0.123 e. The molecular formula is C18H23FO. The monoisotopic (exact) mass is 274 g/mol. The molecule has 0 radical (unpaired) electrons. The first kappa shape index (κ1) is 16.2. The minimum absolute atomic E-state index is 0.185. The van der Waals surface area contributed by atoms with Crippen LogP contribution in [0.5, 0.6) is 5.75 Å². The third-order valence-corrected chi connectivity index (χ3v) is 2.69. The lowest BCUT2D eigenvalue weighted by molar-refractivity contribution is 0.317. The third-order valence-electron chi connectivity index (χ3n) is 2.69. The summed E-state index contributed by atoms with van der Waals surface area (Å²) < 4.78 is 18.6. The molecule has 0 amide bonds. The Hall–Kier alpha value is -1.83. The highest BCUT2D eigenvalue weighted by Crippen LogP contribution is 2.16. The summed E-state index contributed by atoms with van der Waals surface area (Å²) in [6.45, 7) is 6.82. The number of rotatable bonds is 5. The molecule has 2 heteroatoms. The van der Waals surface area contributed by atoms with Crippen molar-refractivity contribution in [2.75, 3.05) is 6.61 Å². The van der Waals surface area contributed by atoms with E-state index < -0.39 is 0 Å². The van der Waals surface area contributed by atoms with Gasteiger partial charge in [0.1, 0.15) is 11.6 Å². The molecule has 1 nitrogen and oxygen atoms in total. The predicted octanol–water partition coefficient (Wildman–Crippen LogP) is 5.23. The first-order valence-electron chi connectivity index (χ1n) is 7.24. The van der Waals surface area contributed by atoms with Crippen molar-refractivity contribution < 1.29 is 9.13 Å². The van der Waals surface area contributed by atoms with Crippen LogP contribution in [0.3, 0.4) is 0 Å². The Bertz CT molecular complexity index is 491. The number of ether oxygens (including phenoxy) is 1. The van der Waals surface area contributed by atoms with Gasteiger partial charge in [-0.05, 0) is 48.2 Å². The molecule has 2 aromatic rings. The number of halogens is 1. The molecule has 0 spiro atoms. The van der Waals surface area contributed by atoms with Crippen molar-refractivity contribution in [1.29, 1.82) is 0 Å². The first-order chi connectivity index (χ1) is 9.78. The molecule has 0 bridgehead atoms. The molecule has 0 aromatic heterocycles. The molecular weight excluding hydrogens is 251 g/mol. The van der Waals surface area contributed by atoms with Crippen LogP contribution < -0.4 is 4.74 Å². The molecule has 0 N–H and O–H groups in total. The predicted molar refractivity (Wildman–Crippen MR) is 82.8 cm³/mol. The molecule has 20 heavy (non-hydrogen) atoms. The van der Waals surface area contributed by atoms with E-state index >= 15 is 0 Å². The Balaban J connectivity index is 0.000000956. The van der Waals surface area contributed by atoms with Crippen LogP contribution >= 0.6 is 0 Å². The van der Waals surface area contributed by atoms with E-state index in [1.807, 2.05) is 44.2 Å². The van der Waals surface area contributed by atoms with Crippen LogP contribution in [0.2, 0.25) is 0 Å². The van der Waals surface area contributed by atoms with Crippen molar-refractivity contribution in [2.45, 2.75) is 33.6 Å². The Morgan fingerprint density at radius 2 is 1.65 bits per heavy atom. The van der Waals surface area contributed by atoms with Gasteiger partial charge >= 0.3 is 0 Å². The molecule has 2 rings (SSSR count). The van der Waals surface area contributed by atoms with E-state index in [9.17, 15) is 4.39 Å². The number of hydrogen-bond donors (Lipinski definition) is 0. The normalized spacial score (nSPS) is 9.60. The highest BCUT2D eigenvalue weighted by molar-refractivity contribution is 5.31. The van der Waals surface area contributed by atoms with Gasteiger partial charge in [0.2, 0.25) is 0 Å². The van der Waals surface area contributed by atoms with E-state index in [2.05, 4.69) is 6.92 Å². The van der Waals surface area contributed by atoms with E-state index in [-0.39, 0.29) is 5.82 Å². The van der Waals surface area contributed by atoms with Gasteiger partial charge in [0.25, 0.3) is 0 Å². The summed E-state index contributed by atoms with van der Waals surface area (Å²) in [5, 5.41) is 0. The molecule has 0 aliphatic rings. The lowest BCUT2D eigenvalue weighted by atomic mass is 10.1. The molecule has 0 saturated carbocycles. The van der Waals surface area contributed by atoms with Gasteiger partial charge in [0.05, 0.1) is 6.61 Å². The van der Waals surface area contributed by atoms with Gasteiger partial charge in [-0.2, -0.15) is 0 Å². The average Bonchev–Trinajstić information content (AvgIpc) is 2.49. The Labute approximate surface area is 121 Å². The fourth-order valence-corrected chi connectivity index (χ4v) is 1.81. The summed E-state index contributed by atoms with van der Waals surface area (Å²) in [6, 6.07) is 14.7. The van der Waals surface area contributed by atoms with E-state index in [1.165, 1.54) is 6.07 Å². The molecule has 0 heterocycles. The lowest BCUT2D eigenvalue weighted by Gasteiger charge is -2.06. The second kappa shape index (κ2) is 9.13. The maximum absolute atomic E-state index is 13.1. The van der Waals surface area contributed by atoms with Gasteiger partial charge in [-0.15, -0.1) is 0 Å². The summed E-state index contributed by atoms with van der Waals surface area (Å²) in [6.07, 6.45) is 1.75. The van der Waals surface area contributed by atoms with Gasteiger partial charge in [-0.1, -0.05) is 45.0 Å². The fourth-order valence-electron chi connectivity index (χ4n) is 1.81. The highest BCUT2D eigenvalue weighted by atomic mass is 19.1. The number of hydrogen-bond acceptors (Lipinski definition) is 1. The van der Waals surface area contributed by atoms with Crippen LogP contribution in [-0.2, 0) is 6.42 Å². The fraction of sp³-hybridized carbons (Fsp3) is 0.333. The zero-order valence-electron chi connectivity index (χ0n) is 12.5. The second-order valence-electron chi connectivity index (χ2n) is 4.30. The van der Waals surface area contributed by atoms with Crippen LogP contribution in [0.4, 0.5) is 4.39 Å². The van der Waals surface area contributed by atoms with Crippen LogP contribution in [0.15, 0.2) is 48.5 Å². The zero-order chi connectivity index (χ0) is 14.8. The molecule has 0 aliphatic heterocycles. The Morgan fingerprint density at radius 3 is 2.25 bits per heavy atom. The molecule has 108 valence electrons. The summed E-state index contributed by atoms with van der Waals surface area (Å²) in [7, 11) is 0. The largest absolute Gasteiger partial charge is 0.494 e. The van der Waals surface area contributed by atoms with Crippen LogP contribution in [0.25, 0.3) is 0 Å². The van der Waals surface area contributed by atoms with Crippen molar-refractivity contribution in [3.63, 3.8) is 0 Å². The minimum Gasteiger partial charge on any atom is -0.494 e. The summed E-state index contributed by atoms with van der Waals surface area (Å²) in [5.74, 6) is 0.704. The summed E-state index contributed by atoms with van der Waals surface area (Å²) >= 11 is 0. The topological polar surface area (TPSA) is 9.23 Å². The summed E-state index contributed by atoms with van der Waals surface area (Å²) in [4.78, 5) is 0. The zero-order valence-corrected chi connectivity index (χ0v) is 12.5. The average molecular weight is 274 g/mol. The minimum atomic E-state index is -0.185. The van der Waals surface area contributed by atoms with Crippen molar-refractivity contribution in [1.82, 2.24) is 0 Å². The second-order valence-corrected chi connectivity index (χ2v) is 4.30. The van der Waals surface area contributed by atoms with Gasteiger partial charge in [0, 0.05) is 0 Å². The van der Waals surface area contributed by atoms with E-state index in [0.717, 1.165) is 36.3 Å². The van der Waals surface area contributed by atoms with Crippen molar-refractivity contribution in [3.8, 4) is 5.75 Å². The quantitative estimate of drug-likeness (QED) is 0.725. The van der Waals surface area contributed by atoms with Crippen LogP contribution in [0.1, 0.15) is 38.3 Å². The summed E-state index contributed by atoms with van der Waals surface area (Å²) in [5.41, 5.74) is 2.14.